The number of hydrogen-bond acceptors (Lipinski definition) is 3. The van der Waals surface area contributed by atoms with Gasteiger partial charge in [-0.1, -0.05) is 0 Å². The zero-order valence-electron chi connectivity index (χ0n) is 5.11. The topological polar surface area (TPSA) is 41.6 Å². The fraction of sp³-hybridized carbons (Fsp3) is 0. The Balaban J connectivity index is 2.48. The number of imidazole rings is 1. The lowest BCUT2D eigenvalue weighted by atomic mass is 10.4. The van der Waals surface area contributed by atoms with Crippen LogP contribution < -0.4 is 0 Å². The summed E-state index contributed by atoms with van der Waals surface area (Å²) in [7, 11) is 0. The summed E-state index contributed by atoms with van der Waals surface area (Å²) in [5, 5.41) is 0. The van der Waals surface area contributed by atoms with Gasteiger partial charge in [0.25, 0.3) is 0 Å². The minimum Gasteiger partial charge on any atom is -0.351 e. The minimum atomic E-state index is 0.961. The first-order chi connectivity index (χ1) is 4.97. The summed E-state index contributed by atoms with van der Waals surface area (Å²) in [4.78, 5) is 8.06. The van der Waals surface area contributed by atoms with Gasteiger partial charge in [-0.05, 0) is 17.6 Å². The molecule has 2 aromatic heterocycles. The fourth-order valence-electron chi connectivity index (χ4n) is 0.743. The first-order valence-corrected chi connectivity index (χ1v) is 3.64. The number of nitrogens with one attached hydrogen (secondary N) is 1. The molecule has 1 N–H and O–H groups in total. The van der Waals surface area contributed by atoms with Crippen molar-refractivity contribution in [2.75, 3.05) is 0 Å². The van der Waals surface area contributed by atoms with Gasteiger partial charge in [-0.25, -0.2) is 9.36 Å². The van der Waals surface area contributed by atoms with E-state index in [0.717, 1.165) is 10.6 Å². The van der Waals surface area contributed by atoms with Crippen molar-refractivity contribution in [1.82, 2.24) is 14.3 Å². The molecule has 50 valence electrons. The minimum absolute atomic E-state index is 0.961. The number of rotatable bonds is 1. The van der Waals surface area contributed by atoms with E-state index >= 15 is 0 Å². The molecule has 0 aromatic carbocycles. The standard InChI is InChI=1S/C6H5N3S/c1-2-9-10-6(1)5-3-7-4-8-5/h1-4H,(H,7,8). The predicted octanol–water partition coefficient (Wildman–Crippen LogP) is 1.53. The van der Waals surface area contributed by atoms with Crippen LogP contribution in [0.3, 0.4) is 0 Å². The van der Waals surface area contributed by atoms with E-state index in [1.807, 2.05) is 12.3 Å². The van der Waals surface area contributed by atoms with Crippen molar-refractivity contribution >= 4 is 11.5 Å². The van der Waals surface area contributed by atoms with Crippen molar-refractivity contribution in [2.24, 2.45) is 0 Å². The summed E-state index contributed by atoms with van der Waals surface area (Å²) in [5.41, 5.74) is 0.961. The molecule has 0 spiro atoms. The van der Waals surface area contributed by atoms with E-state index in [2.05, 4.69) is 14.3 Å². The monoisotopic (exact) mass is 151 g/mol. The van der Waals surface area contributed by atoms with Gasteiger partial charge in [-0.3, -0.25) is 0 Å². The molecule has 0 aliphatic carbocycles. The smallest absolute Gasteiger partial charge is 0.0995 e. The molecule has 0 radical (unpaired) electrons. The molecule has 0 amide bonds. The van der Waals surface area contributed by atoms with Gasteiger partial charge in [-0.15, -0.1) is 0 Å². The summed E-state index contributed by atoms with van der Waals surface area (Å²) >= 11 is 1.45. The van der Waals surface area contributed by atoms with Crippen molar-refractivity contribution < 1.29 is 0 Å². The highest BCUT2D eigenvalue weighted by Gasteiger charge is 1.98. The van der Waals surface area contributed by atoms with Gasteiger partial charge in [0.15, 0.2) is 0 Å². The molecule has 2 aromatic rings. The summed E-state index contributed by atoms with van der Waals surface area (Å²) in [6.45, 7) is 0. The van der Waals surface area contributed by atoms with Gasteiger partial charge >= 0.3 is 0 Å². The number of aromatic nitrogens is 3. The Morgan fingerprint density at radius 3 is 3.10 bits per heavy atom. The van der Waals surface area contributed by atoms with Crippen molar-refractivity contribution in [1.29, 1.82) is 0 Å². The van der Waals surface area contributed by atoms with Gasteiger partial charge in [0, 0.05) is 12.4 Å². The van der Waals surface area contributed by atoms with Crippen LogP contribution >= 0.6 is 11.5 Å². The maximum absolute atomic E-state index is 4.07. The van der Waals surface area contributed by atoms with Gasteiger partial charge in [0.05, 0.1) is 16.9 Å². The van der Waals surface area contributed by atoms with Gasteiger partial charge in [0.1, 0.15) is 0 Å². The first-order valence-electron chi connectivity index (χ1n) is 2.86. The Morgan fingerprint density at radius 2 is 2.50 bits per heavy atom. The van der Waals surface area contributed by atoms with Gasteiger partial charge in [-0.2, -0.15) is 0 Å². The molecule has 0 unspecified atom stereocenters. The maximum Gasteiger partial charge on any atom is 0.0995 e. The Hall–Kier alpha value is -1.16. The summed E-state index contributed by atoms with van der Waals surface area (Å²) in [5.74, 6) is 0. The molecule has 2 rings (SSSR count). The van der Waals surface area contributed by atoms with Crippen LogP contribution in [0.2, 0.25) is 0 Å². The average Bonchev–Trinajstić information content (AvgIpc) is 2.59. The van der Waals surface area contributed by atoms with E-state index in [9.17, 15) is 0 Å². The lowest BCUT2D eigenvalue weighted by molar-refractivity contribution is 1.32. The van der Waals surface area contributed by atoms with E-state index in [0.29, 0.717) is 0 Å². The second-order valence-corrected chi connectivity index (χ2v) is 2.66. The molecule has 0 aliphatic heterocycles. The lowest BCUT2D eigenvalue weighted by Gasteiger charge is -1.81. The van der Waals surface area contributed by atoms with Gasteiger partial charge in [0.2, 0.25) is 0 Å². The third-order valence-corrected chi connectivity index (χ3v) is 1.96. The Morgan fingerprint density at radius 1 is 1.50 bits per heavy atom. The molecular weight excluding hydrogens is 146 g/mol. The van der Waals surface area contributed by atoms with E-state index in [4.69, 9.17) is 0 Å². The average molecular weight is 151 g/mol. The summed E-state index contributed by atoms with van der Waals surface area (Å²) in [6, 6.07) is 1.95. The first kappa shape index (κ1) is 5.61. The number of aromatic amines is 1. The molecule has 0 atom stereocenters. The molecule has 3 nitrogen and oxygen atoms in total. The van der Waals surface area contributed by atoms with Crippen molar-refractivity contribution in [3.05, 3.63) is 24.8 Å². The van der Waals surface area contributed by atoms with E-state index in [1.165, 1.54) is 11.5 Å². The predicted molar refractivity (Wildman–Crippen MR) is 39.7 cm³/mol. The van der Waals surface area contributed by atoms with Crippen LogP contribution in [0.5, 0.6) is 0 Å². The third kappa shape index (κ3) is 0.823. The quantitative estimate of drug-likeness (QED) is 0.671. The largest absolute Gasteiger partial charge is 0.351 e. The lowest BCUT2D eigenvalue weighted by Crippen LogP contribution is -1.65. The van der Waals surface area contributed by atoms with Crippen LogP contribution in [-0.2, 0) is 0 Å². The van der Waals surface area contributed by atoms with E-state index < -0.39 is 0 Å². The van der Waals surface area contributed by atoms with Crippen LogP contribution in [0.1, 0.15) is 0 Å². The van der Waals surface area contributed by atoms with Crippen LogP contribution in [0.25, 0.3) is 10.6 Å². The number of nitrogens with zero attached hydrogens (tertiary/aromatic N) is 2. The summed E-state index contributed by atoms with van der Waals surface area (Å²) < 4.78 is 3.97. The molecule has 10 heavy (non-hydrogen) atoms. The molecule has 2 heterocycles. The molecular formula is C6H5N3S. The van der Waals surface area contributed by atoms with Crippen LogP contribution in [-0.4, -0.2) is 14.3 Å². The summed E-state index contributed by atoms with van der Waals surface area (Å²) in [6.07, 6.45) is 5.29. The van der Waals surface area contributed by atoms with Crippen molar-refractivity contribution in [2.45, 2.75) is 0 Å². The van der Waals surface area contributed by atoms with Crippen molar-refractivity contribution in [3.63, 3.8) is 0 Å². The molecule has 0 fully saturated rings. The fourth-order valence-corrected chi connectivity index (χ4v) is 1.31. The number of hydrogen-bond donors (Lipinski definition) is 1. The highest BCUT2D eigenvalue weighted by atomic mass is 32.1. The highest BCUT2D eigenvalue weighted by molar-refractivity contribution is 7.09. The normalized spacial score (nSPS) is 10.0. The maximum atomic E-state index is 4.07. The Kier molecular flexibility index (Phi) is 1.25. The molecule has 0 saturated carbocycles. The van der Waals surface area contributed by atoms with Crippen LogP contribution in [0, 0.1) is 0 Å². The zero-order chi connectivity index (χ0) is 6.81. The van der Waals surface area contributed by atoms with Crippen LogP contribution in [0.15, 0.2) is 24.8 Å². The molecule has 4 heteroatoms. The number of H-pyrrole nitrogens is 1. The van der Waals surface area contributed by atoms with Crippen molar-refractivity contribution in [3.8, 4) is 10.6 Å². The second-order valence-electron chi connectivity index (χ2n) is 1.83. The van der Waals surface area contributed by atoms with E-state index in [1.54, 1.807) is 12.5 Å². The molecule has 0 saturated heterocycles. The van der Waals surface area contributed by atoms with Crippen LogP contribution in [0.4, 0.5) is 0 Å². The third-order valence-electron chi connectivity index (χ3n) is 1.19. The SMILES string of the molecule is c1cc(-c2c[nH]cn2)sn1. The zero-order valence-corrected chi connectivity index (χ0v) is 5.93. The van der Waals surface area contributed by atoms with E-state index in [-0.39, 0.29) is 0 Å². The molecule has 0 aliphatic rings. The van der Waals surface area contributed by atoms with Gasteiger partial charge < -0.3 is 4.98 Å². The molecule has 0 bridgehead atoms. The Bertz CT molecular complexity index is 252. The second kappa shape index (κ2) is 2.22. The Labute approximate surface area is 61.9 Å². The highest BCUT2D eigenvalue weighted by Crippen LogP contribution is 2.18.